The Balaban J connectivity index is 1.95. The number of carbonyl (C=O) groups is 1. The summed E-state index contributed by atoms with van der Waals surface area (Å²) in [7, 11) is -1.18. The largest absolute Gasteiger partial charge is 0.399 e. The van der Waals surface area contributed by atoms with Gasteiger partial charge in [0, 0.05) is 40.6 Å². The van der Waals surface area contributed by atoms with Crippen LogP contribution in [0.4, 0.5) is 11.4 Å². The van der Waals surface area contributed by atoms with Gasteiger partial charge in [-0.2, -0.15) is 0 Å². The van der Waals surface area contributed by atoms with Crippen molar-refractivity contribution in [3.63, 3.8) is 0 Å². The Morgan fingerprint density at radius 2 is 2.15 bits per heavy atom. The van der Waals surface area contributed by atoms with E-state index in [1.165, 1.54) is 0 Å². The van der Waals surface area contributed by atoms with E-state index in [1.807, 2.05) is 0 Å². The van der Waals surface area contributed by atoms with Crippen molar-refractivity contribution in [1.29, 1.82) is 0 Å². The van der Waals surface area contributed by atoms with Crippen molar-refractivity contribution in [2.24, 2.45) is 0 Å². The molecule has 1 aromatic carbocycles. The molecule has 0 aliphatic carbocycles. The van der Waals surface area contributed by atoms with Gasteiger partial charge in [0.15, 0.2) is 0 Å². The number of nitrogens with one attached hydrogen (secondary N) is 1. The third kappa shape index (κ3) is 3.80. The van der Waals surface area contributed by atoms with Gasteiger partial charge >= 0.3 is 0 Å². The lowest BCUT2D eigenvalue weighted by atomic mass is 10.2. The number of hydrogen-bond donors (Lipinski definition) is 2. The van der Waals surface area contributed by atoms with Gasteiger partial charge in [0.05, 0.1) is 0 Å². The van der Waals surface area contributed by atoms with Crippen LogP contribution in [-0.4, -0.2) is 33.8 Å². The van der Waals surface area contributed by atoms with Crippen LogP contribution in [0.25, 0.3) is 0 Å². The van der Waals surface area contributed by atoms with E-state index in [2.05, 4.69) is 5.32 Å². The molecule has 1 aliphatic rings. The lowest BCUT2D eigenvalue weighted by molar-refractivity contribution is -0.115. The second-order valence-electron chi connectivity index (χ2n) is 4.90. The summed E-state index contributed by atoms with van der Waals surface area (Å²) in [5.41, 5.74) is 6.88. The van der Waals surface area contributed by atoms with E-state index >= 15 is 0 Å². The highest BCUT2D eigenvalue weighted by molar-refractivity contribution is 7.87. The van der Waals surface area contributed by atoms with E-state index < -0.39 is 16.0 Å². The number of nitrogens with two attached hydrogens (primary N) is 1. The first-order valence-electron chi connectivity index (χ1n) is 6.71. The van der Waals surface area contributed by atoms with E-state index in [0.717, 1.165) is 12.8 Å². The number of carbonyl (C=O) groups excluding carboxylic acids is 1. The van der Waals surface area contributed by atoms with Crippen molar-refractivity contribution >= 4 is 28.1 Å². The van der Waals surface area contributed by atoms with Gasteiger partial charge in [-0.3, -0.25) is 9.00 Å². The molecule has 1 aromatic rings. The lowest BCUT2D eigenvalue weighted by Gasteiger charge is -2.24. The molecule has 2 atom stereocenters. The van der Waals surface area contributed by atoms with Crippen LogP contribution in [0.3, 0.4) is 0 Å². The number of benzene rings is 1. The smallest absolute Gasteiger partial charge is 0.239 e. The molecule has 1 heterocycles. The maximum absolute atomic E-state index is 12.4. The lowest BCUT2D eigenvalue weighted by Crippen LogP contribution is -2.36. The average Bonchev–Trinajstić information content (AvgIpc) is 2.46. The molecule has 1 fully saturated rings. The summed E-state index contributed by atoms with van der Waals surface area (Å²) in [4.78, 5) is 12.1. The molecule has 2 rings (SSSR count). The molecular formula is C14H20N2O3S. The molecule has 0 spiro atoms. The number of anilines is 2. The fraction of sp³-hybridized carbons (Fsp3) is 0.500. The van der Waals surface area contributed by atoms with Gasteiger partial charge < -0.3 is 15.8 Å². The first-order chi connectivity index (χ1) is 9.58. The molecule has 0 radical (unpaired) electrons. The molecule has 1 saturated heterocycles. The predicted molar refractivity (Wildman–Crippen MR) is 80.9 cm³/mol. The zero-order chi connectivity index (χ0) is 14.5. The van der Waals surface area contributed by atoms with E-state index in [4.69, 9.17) is 10.5 Å². The molecule has 2 unspecified atom stereocenters. The van der Waals surface area contributed by atoms with Crippen LogP contribution in [0.2, 0.25) is 0 Å². The quantitative estimate of drug-likeness (QED) is 0.826. The first-order valence-corrected chi connectivity index (χ1v) is 7.99. The zero-order valence-corrected chi connectivity index (χ0v) is 12.3. The van der Waals surface area contributed by atoms with Crippen LogP contribution in [0.5, 0.6) is 0 Å². The van der Waals surface area contributed by atoms with Crippen LogP contribution >= 0.6 is 0 Å². The summed E-state index contributed by atoms with van der Waals surface area (Å²) in [6, 6.07) is 6.96. The monoisotopic (exact) mass is 296 g/mol. The SMILES string of the molecule is CC(C(=O)Nc1cccc(N)c1)S(=O)C1CCOCC1. The zero-order valence-electron chi connectivity index (χ0n) is 11.5. The van der Waals surface area contributed by atoms with Gasteiger partial charge in [0.1, 0.15) is 5.25 Å². The summed E-state index contributed by atoms with van der Waals surface area (Å²) in [6.45, 7) is 2.95. The molecule has 1 aliphatic heterocycles. The summed E-state index contributed by atoms with van der Waals surface area (Å²) in [6.07, 6.45) is 1.50. The van der Waals surface area contributed by atoms with Crippen molar-refractivity contribution in [3.05, 3.63) is 24.3 Å². The fourth-order valence-corrected chi connectivity index (χ4v) is 3.67. The Hall–Kier alpha value is -1.40. The Morgan fingerprint density at radius 1 is 1.45 bits per heavy atom. The predicted octanol–water partition coefficient (Wildman–Crippen LogP) is 1.52. The maximum atomic E-state index is 12.4. The Bertz CT molecular complexity index is 501. The summed E-state index contributed by atoms with van der Waals surface area (Å²) >= 11 is 0. The number of hydrogen-bond acceptors (Lipinski definition) is 4. The van der Waals surface area contributed by atoms with E-state index in [0.29, 0.717) is 24.6 Å². The standard InChI is InChI=1S/C14H20N2O3S/c1-10(20(18)13-5-7-19-8-6-13)14(17)16-12-4-2-3-11(15)9-12/h2-4,9-10,13H,5-8,15H2,1H3,(H,16,17). The molecule has 1 amide bonds. The highest BCUT2D eigenvalue weighted by Gasteiger charge is 2.28. The maximum Gasteiger partial charge on any atom is 0.239 e. The van der Waals surface area contributed by atoms with Gasteiger partial charge in [-0.15, -0.1) is 0 Å². The van der Waals surface area contributed by atoms with Gasteiger partial charge in [-0.25, -0.2) is 0 Å². The summed E-state index contributed by atoms with van der Waals surface area (Å²) in [5, 5.41) is 2.26. The van der Waals surface area contributed by atoms with E-state index in [-0.39, 0.29) is 11.2 Å². The summed E-state index contributed by atoms with van der Waals surface area (Å²) in [5.74, 6) is -0.236. The second kappa shape index (κ2) is 6.85. The van der Waals surface area contributed by atoms with Crippen molar-refractivity contribution in [2.75, 3.05) is 24.3 Å². The van der Waals surface area contributed by atoms with E-state index in [9.17, 15) is 9.00 Å². The second-order valence-corrected chi connectivity index (χ2v) is 6.93. The Morgan fingerprint density at radius 3 is 2.80 bits per heavy atom. The highest BCUT2D eigenvalue weighted by Crippen LogP contribution is 2.18. The van der Waals surface area contributed by atoms with E-state index in [1.54, 1.807) is 31.2 Å². The van der Waals surface area contributed by atoms with Crippen molar-refractivity contribution in [2.45, 2.75) is 30.3 Å². The molecule has 3 N–H and O–H groups in total. The number of amides is 1. The minimum absolute atomic E-state index is 0.0466. The fourth-order valence-electron chi connectivity index (χ4n) is 2.16. The van der Waals surface area contributed by atoms with Gasteiger partial charge in [-0.1, -0.05) is 6.07 Å². The van der Waals surface area contributed by atoms with Crippen LogP contribution in [0.15, 0.2) is 24.3 Å². The van der Waals surface area contributed by atoms with Crippen LogP contribution in [0.1, 0.15) is 19.8 Å². The van der Waals surface area contributed by atoms with Gasteiger partial charge in [-0.05, 0) is 38.0 Å². The Kier molecular flexibility index (Phi) is 5.14. The summed E-state index contributed by atoms with van der Waals surface area (Å²) < 4.78 is 17.6. The molecule has 0 bridgehead atoms. The Labute approximate surface area is 121 Å². The number of ether oxygens (including phenoxy) is 1. The van der Waals surface area contributed by atoms with Crippen molar-refractivity contribution < 1.29 is 13.7 Å². The van der Waals surface area contributed by atoms with Crippen molar-refractivity contribution in [1.82, 2.24) is 0 Å². The minimum atomic E-state index is -1.18. The normalized spacial score (nSPS) is 19.2. The van der Waals surface area contributed by atoms with Gasteiger partial charge in [0.25, 0.3) is 0 Å². The highest BCUT2D eigenvalue weighted by atomic mass is 32.2. The molecule has 20 heavy (non-hydrogen) atoms. The van der Waals surface area contributed by atoms with Crippen LogP contribution in [-0.2, 0) is 20.3 Å². The third-order valence-electron chi connectivity index (χ3n) is 3.37. The van der Waals surface area contributed by atoms with Crippen LogP contribution < -0.4 is 11.1 Å². The molecule has 110 valence electrons. The first kappa shape index (κ1) is 15.0. The molecule has 6 heteroatoms. The topological polar surface area (TPSA) is 81.4 Å². The number of rotatable bonds is 4. The molecule has 0 aromatic heterocycles. The van der Waals surface area contributed by atoms with Gasteiger partial charge in [0.2, 0.25) is 5.91 Å². The minimum Gasteiger partial charge on any atom is -0.399 e. The van der Waals surface area contributed by atoms with Crippen molar-refractivity contribution in [3.8, 4) is 0 Å². The van der Waals surface area contributed by atoms with Crippen LogP contribution in [0, 0.1) is 0 Å². The molecule has 0 saturated carbocycles. The number of nitrogen functional groups attached to an aromatic ring is 1. The third-order valence-corrected chi connectivity index (χ3v) is 5.41. The molecule has 5 nitrogen and oxygen atoms in total. The molecular weight excluding hydrogens is 276 g/mol. The average molecular weight is 296 g/mol.